The molecular formula is C19H38N2O4. The van der Waals surface area contributed by atoms with Gasteiger partial charge in [0, 0.05) is 25.8 Å². The summed E-state index contributed by atoms with van der Waals surface area (Å²) in [6.07, 6.45) is 5.22. The Morgan fingerprint density at radius 1 is 1.04 bits per heavy atom. The third-order valence-electron chi connectivity index (χ3n) is 5.49. The van der Waals surface area contributed by atoms with E-state index in [2.05, 4.69) is 26.1 Å². The molecule has 2 saturated heterocycles. The van der Waals surface area contributed by atoms with Crippen LogP contribution in [-0.2, 0) is 0 Å². The molecule has 6 nitrogen and oxygen atoms in total. The van der Waals surface area contributed by atoms with Crippen molar-refractivity contribution in [2.45, 2.75) is 65.3 Å². The highest BCUT2D eigenvalue weighted by Gasteiger charge is 2.38. The van der Waals surface area contributed by atoms with Gasteiger partial charge in [0.2, 0.25) is 0 Å². The van der Waals surface area contributed by atoms with Gasteiger partial charge in [-0.05, 0) is 68.9 Å². The van der Waals surface area contributed by atoms with Crippen molar-refractivity contribution >= 4 is 6.09 Å². The average Bonchev–Trinajstić information content (AvgIpc) is 2.56. The molecule has 0 spiro atoms. The van der Waals surface area contributed by atoms with Crippen LogP contribution in [0, 0.1) is 17.3 Å². The van der Waals surface area contributed by atoms with Crippen LogP contribution in [0.2, 0.25) is 0 Å². The van der Waals surface area contributed by atoms with E-state index in [1.807, 2.05) is 0 Å². The van der Waals surface area contributed by atoms with Gasteiger partial charge in [0.05, 0.1) is 0 Å². The average molecular weight is 359 g/mol. The van der Waals surface area contributed by atoms with Gasteiger partial charge in [0.1, 0.15) is 0 Å². The fourth-order valence-electron chi connectivity index (χ4n) is 3.89. The molecule has 0 bridgehead atoms. The van der Waals surface area contributed by atoms with Crippen LogP contribution in [0.3, 0.4) is 0 Å². The predicted octanol–water partition coefficient (Wildman–Crippen LogP) is 2.54. The molecule has 4 N–H and O–H groups in total. The number of rotatable bonds is 4. The number of likely N-dealkylation sites (tertiary alicyclic amines) is 1. The Morgan fingerprint density at radius 2 is 1.60 bits per heavy atom. The zero-order chi connectivity index (χ0) is 18.9. The van der Waals surface area contributed by atoms with E-state index in [1.54, 1.807) is 4.90 Å². The topological polar surface area (TPSA) is 93.0 Å². The number of nitrogens with zero attached hydrogens (tertiary/aromatic N) is 1. The van der Waals surface area contributed by atoms with Crippen molar-refractivity contribution in [3.05, 3.63) is 0 Å². The summed E-state index contributed by atoms with van der Waals surface area (Å²) < 4.78 is 0. The Balaban J connectivity index is 0.000000293. The maximum absolute atomic E-state index is 11.2. The molecule has 2 aliphatic heterocycles. The summed E-state index contributed by atoms with van der Waals surface area (Å²) in [6.45, 7) is 9.69. The number of nitrogens with one attached hydrogen (secondary N) is 1. The Labute approximate surface area is 152 Å². The standard InChI is InChI=1S/C12H23NO3.C7H15NO/c1-12(2,3)10-8-9(5-7-14)4-6-13(10)11(15)16;9-6-3-7-1-4-8-5-2-7/h9-10,14H,4-8H2,1-3H3,(H,15,16);7-9H,1-6H2. The third-order valence-corrected chi connectivity index (χ3v) is 5.49. The molecule has 25 heavy (non-hydrogen) atoms. The minimum atomic E-state index is -0.817. The minimum Gasteiger partial charge on any atom is -0.465 e. The maximum atomic E-state index is 11.2. The highest BCUT2D eigenvalue weighted by molar-refractivity contribution is 5.65. The van der Waals surface area contributed by atoms with Crippen molar-refractivity contribution in [2.75, 3.05) is 32.8 Å². The number of amides is 1. The third kappa shape index (κ3) is 7.92. The summed E-state index contributed by atoms with van der Waals surface area (Å²) in [5, 5.41) is 30.0. The minimum absolute atomic E-state index is 0.0352. The van der Waals surface area contributed by atoms with Crippen molar-refractivity contribution in [3.63, 3.8) is 0 Å². The first-order chi connectivity index (χ1) is 11.8. The van der Waals surface area contributed by atoms with E-state index in [0.29, 0.717) is 19.1 Å². The smallest absolute Gasteiger partial charge is 0.407 e. The molecule has 2 atom stereocenters. The molecule has 0 saturated carbocycles. The van der Waals surface area contributed by atoms with Gasteiger partial charge in [-0.1, -0.05) is 20.8 Å². The molecule has 2 rings (SSSR count). The van der Waals surface area contributed by atoms with E-state index in [-0.39, 0.29) is 18.1 Å². The highest BCUT2D eigenvalue weighted by Crippen LogP contribution is 2.35. The second-order valence-electron chi connectivity index (χ2n) is 8.47. The molecule has 2 aliphatic rings. The van der Waals surface area contributed by atoms with Gasteiger partial charge in [-0.2, -0.15) is 0 Å². The van der Waals surface area contributed by atoms with E-state index in [9.17, 15) is 4.79 Å². The van der Waals surface area contributed by atoms with Crippen LogP contribution in [0.1, 0.15) is 59.3 Å². The molecule has 6 heteroatoms. The number of piperidine rings is 2. The lowest BCUT2D eigenvalue weighted by Crippen LogP contribution is -2.51. The fraction of sp³-hybridized carbons (Fsp3) is 0.947. The lowest BCUT2D eigenvalue weighted by molar-refractivity contribution is 0.0357. The first kappa shape index (κ1) is 22.2. The molecule has 2 unspecified atom stereocenters. The molecule has 0 radical (unpaired) electrons. The Kier molecular flexibility index (Phi) is 9.75. The summed E-state index contributed by atoms with van der Waals surface area (Å²) in [5.74, 6) is 1.25. The lowest BCUT2D eigenvalue weighted by Gasteiger charge is -2.44. The van der Waals surface area contributed by atoms with Crippen LogP contribution in [-0.4, -0.2) is 65.2 Å². The summed E-state index contributed by atoms with van der Waals surface area (Å²) >= 11 is 0. The summed E-state index contributed by atoms with van der Waals surface area (Å²) in [4.78, 5) is 12.7. The van der Waals surface area contributed by atoms with Crippen LogP contribution in [0.4, 0.5) is 4.79 Å². The van der Waals surface area contributed by atoms with Gasteiger partial charge in [-0.3, -0.25) is 0 Å². The van der Waals surface area contributed by atoms with Gasteiger partial charge in [0.25, 0.3) is 0 Å². The van der Waals surface area contributed by atoms with E-state index >= 15 is 0 Å². The number of carbonyl (C=O) groups is 1. The fourth-order valence-corrected chi connectivity index (χ4v) is 3.89. The second kappa shape index (κ2) is 11.0. The van der Waals surface area contributed by atoms with Crippen molar-refractivity contribution in [1.82, 2.24) is 10.2 Å². The molecule has 2 heterocycles. The number of aliphatic hydroxyl groups excluding tert-OH is 2. The molecule has 0 aliphatic carbocycles. The van der Waals surface area contributed by atoms with Crippen molar-refractivity contribution in [1.29, 1.82) is 0 Å². The van der Waals surface area contributed by atoms with Gasteiger partial charge < -0.3 is 25.5 Å². The van der Waals surface area contributed by atoms with Crippen molar-refractivity contribution in [3.8, 4) is 0 Å². The van der Waals surface area contributed by atoms with Crippen LogP contribution >= 0.6 is 0 Å². The highest BCUT2D eigenvalue weighted by atomic mass is 16.4. The summed E-state index contributed by atoms with van der Waals surface area (Å²) in [5.41, 5.74) is -0.0352. The summed E-state index contributed by atoms with van der Waals surface area (Å²) in [6, 6.07) is 0.0651. The van der Waals surface area contributed by atoms with Crippen LogP contribution in [0.15, 0.2) is 0 Å². The van der Waals surface area contributed by atoms with Gasteiger partial charge in [0.15, 0.2) is 0 Å². The SMILES string of the molecule is CC(C)(C)C1CC(CCO)CCN1C(=O)O.OCCC1CCNCC1. The predicted molar refractivity (Wildman–Crippen MR) is 99.7 cm³/mol. The Hall–Kier alpha value is -0.850. The van der Waals surface area contributed by atoms with E-state index in [4.69, 9.17) is 15.3 Å². The van der Waals surface area contributed by atoms with Crippen LogP contribution in [0.5, 0.6) is 0 Å². The monoisotopic (exact) mass is 358 g/mol. The van der Waals surface area contributed by atoms with Crippen LogP contribution in [0.25, 0.3) is 0 Å². The van der Waals surface area contributed by atoms with Gasteiger partial charge >= 0.3 is 6.09 Å². The second-order valence-corrected chi connectivity index (χ2v) is 8.47. The maximum Gasteiger partial charge on any atom is 0.407 e. The quantitative estimate of drug-likeness (QED) is 0.620. The lowest BCUT2D eigenvalue weighted by atomic mass is 9.76. The molecule has 0 aromatic rings. The molecule has 0 aromatic heterocycles. The number of hydrogen-bond donors (Lipinski definition) is 4. The largest absolute Gasteiger partial charge is 0.465 e. The zero-order valence-electron chi connectivity index (χ0n) is 16.2. The van der Waals surface area contributed by atoms with E-state index in [0.717, 1.165) is 44.7 Å². The van der Waals surface area contributed by atoms with Gasteiger partial charge in [-0.15, -0.1) is 0 Å². The normalized spacial score (nSPS) is 25.2. The zero-order valence-corrected chi connectivity index (χ0v) is 16.2. The first-order valence-corrected chi connectivity index (χ1v) is 9.71. The molecular weight excluding hydrogens is 320 g/mol. The first-order valence-electron chi connectivity index (χ1n) is 9.71. The van der Waals surface area contributed by atoms with Gasteiger partial charge in [-0.25, -0.2) is 4.79 Å². The van der Waals surface area contributed by atoms with Crippen LogP contribution < -0.4 is 5.32 Å². The summed E-state index contributed by atoms with van der Waals surface area (Å²) in [7, 11) is 0. The number of carboxylic acid groups (broad SMARTS) is 1. The molecule has 148 valence electrons. The van der Waals surface area contributed by atoms with E-state index < -0.39 is 6.09 Å². The molecule has 0 aromatic carbocycles. The Morgan fingerprint density at radius 3 is 2.08 bits per heavy atom. The number of hydrogen-bond acceptors (Lipinski definition) is 4. The van der Waals surface area contributed by atoms with Crippen molar-refractivity contribution < 1.29 is 20.1 Å². The molecule has 2 fully saturated rings. The number of aliphatic hydroxyl groups is 2. The van der Waals surface area contributed by atoms with E-state index in [1.165, 1.54) is 12.8 Å². The van der Waals surface area contributed by atoms with Crippen molar-refractivity contribution in [2.24, 2.45) is 17.3 Å². The molecule has 1 amide bonds. The Bertz CT molecular complexity index is 375.